The standard InChI is InChI=1S/C16H17BrFNO2/c17-13-2-1-3-15(10-13)20-6-7-21-16-9-12(4-5-19)8-14(18)11-16/h1-3,8-11H,4-7,19H2. The Labute approximate surface area is 132 Å². The third kappa shape index (κ3) is 5.36. The van der Waals surface area contributed by atoms with Crippen LogP contribution in [0, 0.1) is 5.82 Å². The highest BCUT2D eigenvalue weighted by Crippen LogP contribution is 2.19. The third-order valence-corrected chi connectivity index (χ3v) is 3.27. The molecule has 0 bridgehead atoms. The van der Waals surface area contributed by atoms with E-state index in [9.17, 15) is 4.39 Å². The molecule has 0 aliphatic rings. The zero-order chi connectivity index (χ0) is 15.1. The van der Waals surface area contributed by atoms with Gasteiger partial charge in [0.15, 0.2) is 0 Å². The van der Waals surface area contributed by atoms with E-state index in [4.69, 9.17) is 15.2 Å². The van der Waals surface area contributed by atoms with Crippen LogP contribution < -0.4 is 15.2 Å². The Balaban J connectivity index is 1.83. The predicted octanol–water partition coefficient (Wildman–Crippen LogP) is 3.55. The van der Waals surface area contributed by atoms with E-state index in [0.717, 1.165) is 15.8 Å². The summed E-state index contributed by atoms with van der Waals surface area (Å²) in [4.78, 5) is 0. The van der Waals surface area contributed by atoms with E-state index in [1.54, 1.807) is 6.07 Å². The highest BCUT2D eigenvalue weighted by molar-refractivity contribution is 9.10. The molecule has 0 atom stereocenters. The molecule has 0 unspecified atom stereocenters. The van der Waals surface area contributed by atoms with Crippen molar-refractivity contribution in [3.63, 3.8) is 0 Å². The molecule has 2 aromatic rings. The van der Waals surface area contributed by atoms with Crippen molar-refractivity contribution in [1.29, 1.82) is 0 Å². The fraction of sp³-hybridized carbons (Fsp3) is 0.250. The second kappa shape index (κ2) is 8.00. The zero-order valence-electron chi connectivity index (χ0n) is 11.5. The van der Waals surface area contributed by atoms with Crippen LogP contribution in [0.25, 0.3) is 0 Å². The lowest BCUT2D eigenvalue weighted by molar-refractivity contribution is 0.216. The molecule has 21 heavy (non-hydrogen) atoms. The summed E-state index contributed by atoms with van der Waals surface area (Å²) in [5, 5.41) is 0. The average Bonchev–Trinajstić information content (AvgIpc) is 2.43. The molecule has 5 heteroatoms. The largest absolute Gasteiger partial charge is 0.490 e. The quantitative estimate of drug-likeness (QED) is 0.774. The van der Waals surface area contributed by atoms with Crippen LogP contribution in [0.1, 0.15) is 5.56 Å². The molecular formula is C16H17BrFNO2. The summed E-state index contributed by atoms with van der Waals surface area (Å²) >= 11 is 3.38. The molecule has 2 N–H and O–H groups in total. The lowest BCUT2D eigenvalue weighted by Gasteiger charge is -2.10. The molecular weight excluding hydrogens is 337 g/mol. The summed E-state index contributed by atoms with van der Waals surface area (Å²) in [6.07, 6.45) is 0.628. The second-order valence-electron chi connectivity index (χ2n) is 4.49. The first-order chi connectivity index (χ1) is 10.2. The van der Waals surface area contributed by atoms with Crippen LogP contribution in [-0.2, 0) is 6.42 Å². The third-order valence-electron chi connectivity index (χ3n) is 2.78. The van der Waals surface area contributed by atoms with Gasteiger partial charge in [-0.3, -0.25) is 0 Å². The van der Waals surface area contributed by atoms with E-state index in [1.807, 2.05) is 24.3 Å². The molecule has 0 radical (unpaired) electrons. The monoisotopic (exact) mass is 353 g/mol. The molecule has 0 aromatic heterocycles. The molecule has 2 aromatic carbocycles. The van der Waals surface area contributed by atoms with Gasteiger partial charge in [0.25, 0.3) is 0 Å². The van der Waals surface area contributed by atoms with Crippen molar-refractivity contribution in [3.8, 4) is 11.5 Å². The van der Waals surface area contributed by atoms with Crippen molar-refractivity contribution in [2.24, 2.45) is 5.73 Å². The summed E-state index contributed by atoms with van der Waals surface area (Å²) < 4.78 is 25.4. The molecule has 0 aliphatic carbocycles. The molecule has 0 spiro atoms. The molecule has 0 fully saturated rings. The van der Waals surface area contributed by atoms with Crippen LogP contribution >= 0.6 is 15.9 Å². The van der Waals surface area contributed by atoms with Gasteiger partial charge in [0.2, 0.25) is 0 Å². The number of hydrogen-bond donors (Lipinski definition) is 1. The first-order valence-electron chi connectivity index (χ1n) is 6.68. The highest BCUT2D eigenvalue weighted by Gasteiger charge is 2.02. The number of ether oxygens (including phenoxy) is 2. The second-order valence-corrected chi connectivity index (χ2v) is 5.40. The number of nitrogens with two attached hydrogens (primary N) is 1. The molecule has 0 saturated heterocycles. The maximum atomic E-state index is 13.4. The van der Waals surface area contributed by atoms with E-state index in [0.29, 0.717) is 31.9 Å². The maximum Gasteiger partial charge on any atom is 0.127 e. The molecule has 0 aliphatic heterocycles. The summed E-state index contributed by atoms with van der Waals surface area (Å²) in [7, 11) is 0. The number of halogens is 2. The normalized spacial score (nSPS) is 10.4. The van der Waals surface area contributed by atoms with Crippen LogP contribution in [0.4, 0.5) is 4.39 Å². The van der Waals surface area contributed by atoms with Crippen LogP contribution in [0.3, 0.4) is 0 Å². The number of hydrogen-bond acceptors (Lipinski definition) is 3. The van der Waals surface area contributed by atoms with Gasteiger partial charge in [-0.25, -0.2) is 4.39 Å². The molecule has 3 nitrogen and oxygen atoms in total. The Hall–Kier alpha value is -1.59. The van der Waals surface area contributed by atoms with Gasteiger partial charge in [0.1, 0.15) is 30.5 Å². The van der Waals surface area contributed by atoms with Gasteiger partial charge in [-0.1, -0.05) is 22.0 Å². The van der Waals surface area contributed by atoms with E-state index in [1.165, 1.54) is 12.1 Å². The first-order valence-corrected chi connectivity index (χ1v) is 7.47. The Bertz CT molecular complexity index is 592. The van der Waals surface area contributed by atoms with Gasteiger partial charge < -0.3 is 15.2 Å². The number of benzene rings is 2. The zero-order valence-corrected chi connectivity index (χ0v) is 13.1. The smallest absolute Gasteiger partial charge is 0.127 e. The van der Waals surface area contributed by atoms with Crippen LogP contribution in [0.2, 0.25) is 0 Å². The summed E-state index contributed by atoms with van der Waals surface area (Å²) in [6.45, 7) is 1.21. The highest BCUT2D eigenvalue weighted by atomic mass is 79.9. The van der Waals surface area contributed by atoms with E-state index < -0.39 is 0 Å². The van der Waals surface area contributed by atoms with Crippen molar-refractivity contribution < 1.29 is 13.9 Å². The van der Waals surface area contributed by atoms with Crippen LogP contribution in [-0.4, -0.2) is 19.8 Å². The van der Waals surface area contributed by atoms with Gasteiger partial charge in [-0.2, -0.15) is 0 Å². The van der Waals surface area contributed by atoms with E-state index in [-0.39, 0.29) is 5.82 Å². The molecule has 112 valence electrons. The topological polar surface area (TPSA) is 44.5 Å². The predicted molar refractivity (Wildman–Crippen MR) is 84.3 cm³/mol. The lowest BCUT2D eigenvalue weighted by atomic mass is 10.1. The maximum absolute atomic E-state index is 13.4. The Morgan fingerprint density at radius 2 is 1.76 bits per heavy atom. The van der Waals surface area contributed by atoms with Crippen LogP contribution in [0.15, 0.2) is 46.9 Å². The van der Waals surface area contributed by atoms with E-state index >= 15 is 0 Å². The minimum Gasteiger partial charge on any atom is -0.490 e. The van der Waals surface area contributed by atoms with Gasteiger partial charge in [-0.05, 0) is 48.9 Å². The van der Waals surface area contributed by atoms with Crippen molar-refractivity contribution >= 4 is 15.9 Å². The average molecular weight is 354 g/mol. The van der Waals surface area contributed by atoms with E-state index in [2.05, 4.69) is 15.9 Å². The summed E-state index contributed by atoms with van der Waals surface area (Å²) in [6, 6.07) is 12.2. The van der Waals surface area contributed by atoms with Crippen molar-refractivity contribution in [2.75, 3.05) is 19.8 Å². The Kier molecular flexibility index (Phi) is 6.02. The molecule has 0 saturated carbocycles. The minimum atomic E-state index is -0.316. The SMILES string of the molecule is NCCc1cc(F)cc(OCCOc2cccc(Br)c2)c1. The number of rotatable bonds is 7. The van der Waals surface area contributed by atoms with Gasteiger partial charge in [0.05, 0.1) is 0 Å². The summed E-state index contributed by atoms with van der Waals surface area (Å²) in [5.74, 6) is 0.941. The minimum absolute atomic E-state index is 0.316. The molecule has 0 heterocycles. The van der Waals surface area contributed by atoms with Crippen LogP contribution in [0.5, 0.6) is 11.5 Å². The van der Waals surface area contributed by atoms with Crippen molar-refractivity contribution in [1.82, 2.24) is 0 Å². The van der Waals surface area contributed by atoms with Gasteiger partial charge in [0, 0.05) is 10.5 Å². The summed E-state index contributed by atoms with van der Waals surface area (Å²) in [5.41, 5.74) is 6.31. The fourth-order valence-corrected chi connectivity index (χ4v) is 2.27. The lowest BCUT2D eigenvalue weighted by Crippen LogP contribution is -2.09. The van der Waals surface area contributed by atoms with Gasteiger partial charge >= 0.3 is 0 Å². The first kappa shape index (κ1) is 15.8. The Morgan fingerprint density at radius 1 is 1.00 bits per heavy atom. The van der Waals surface area contributed by atoms with Gasteiger partial charge in [-0.15, -0.1) is 0 Å². The molecule has 2 rings (SSSR count). The molecule has 0 amide bonds. The van der Waals surface area contributed by atoms with Crippen molar-refractivity contribution in [2.45, 2.75) is 6.42 Å². The van der Waals surface area contributed by atoms with Crippen molar-refractivity contribution in [3.05, 3.63) is 58.3 Å². The fourth-order valence-electron chi connectivity index (χ4n) is 1.89. The Morgan fingerprint density at radius 3 is 2.48 bits per heavy atom.